The summed E-state index contributed by atoms with van der Waals surface area (Å²) in [6.45, 7) is 3.79. The molecule has 20 heavy (non-hydrogen) atoms. The largest absolute Gasteiger partial charge is 0.478 e. The number of aliphatic carboxylic acids is 1. The van der Waals surface area contributed by atoms with Crippen LogP contribution in [0.5, 0.6) is 0 Å². The van der Waals surface area contributed by atoms with Gasteiger partial charge in [-0.25, -0.2) is 9.79 Å². The first-order valence-corrected chi connectivity index (χ1v) is 6.23. The van der Waals surface area contributed by atoms with Gasteiger partial charge in [-0.2, -0.15) is 0 Å². The number of rotatable bonds is 3. The van der Waals surface area contributed by atoms with E-state index in [1.807, 2.05) is 44.2 Å². The SMILES string of the molecule is CC1=CC(C)=NC(N)(c2ccccc2C=CC(=O)O)N1. The number of carboxylic acid groups (broad SMARTS) is 1. The molecule has 0 spiro atoms. The van der Waals surface area contributed by atoms with Crippen LogP contribution in [0, 0.1) is 0 Å². The zero-order chi connectivity index (χ0) is 14.8. The highest BCUT2D eigenvalue weighted by atomic mass is 16.4. The van der Waals surface area contributed by atoms with Crippen molar-refractivity contribution >= 4 is 17.8 Å². The van der Waals surface area contributed by atoms with Crippen molar-refractivity contribution in [3.63, 3.8) is 0 Å². The van der Waals surface area contributed by atoms with Crippen molar-refractivity contribution in [1.29, 1.82) is 0 Å². The van der Waals surface area contributed by atoms with Crippen molar-refractivity contribution in [2.75, 3.05) is 0 Å². The summed E-state index contributed by atoms with van der Waals surface area (Å²) >= 11 is 0. The molecule has 0 aromatic heterocycles. The van der Waals surface area contributed by atoms with E-state index in [4.69, 9.17) is 10.8 Å². The molecule has 2 rings (SSSR count). The minimum absolute atomic E-state index is 0.719. The van der Waals surface area contributed by atoms with E-state index in [0.717, 1.165) is 28.6 Å². The summed E-state index contributed by atoms with van der Waals surface area (Å²) in [6, 6.07) is 7.33. The number of nitrogens with zero attached hydrogens (tertiary/aromatic N) is 1. The van der Waals surface area contributed by atoms with Crippen LogP contribution in [0.3, 0.4) is 0 Å². The molecule has 0 bridgehead atoms. The molecule has 5 heteroatoms. The van der Waals surface area contributed by atoms with Gasteiger partial charge < -0.3 is 10.4 Å². The lowest BCUT2D eigenvalue weighted by atomic mass is 9.99. The number of nitrogens with one attached hydrogen (secondary N) is 1. The third-order valence-electron chi connectivity index (χ3n) is 2.94. The molecule has 0 aliphatic carbocycles. The van der Waals surface area contributed by atoms with Gasteiger partial charge in [-0.05, 0) is 31.6 Å². The third-order valence-corrected chi connectivity index (χ3v) is 2.94. The molecule has 4 N–H and O–H groups in total. The van der Waals surface area contributed by atoms with E-state index in [-0.39, 0.29) is 0 Å². The fourth-order valence-electron chi connectivity index (χ4n) is 2.27. The van der Waals surface area contributed by atoms with Crippen LogP contribution in [0.4, 0.5) is 0 Å². The molecule has 104 valence electrons. The fraction of sp³-hybridized carbons (Fsp3) is 0.200. The lowest BCUT2D eigenvalue weighted by molar-refractivity contribution is -0.131. The Hall–Kier alpha value is -2.40. The number of hydrogen-bond acceptors (Lipinski definition) is 4. The molecule has 0 radical (unpaired) electrons. The number of allylic oxidation sites excluding steroid dienone is 2. The van der Waals surface area contributed by atoms with Crippen LogP contribution in [0.25, 0.3) is 6.08 Å². The highest BCUT2D eigenvalue weighted by Gasteiger charge is 2.30. The van der Waals surface area contributed by atoms with Crippen LogP contribution in [-0.2, 0) is 10.6 Å². The Kier molecular flexibility index (Phi) is 3.72. The maximum Gasteiger partial charge on any atom is 0.328 e. The van der Waals surface area contributed by atoms with Gasteiger partial charge in [-0.15, -0.1) is 0 Å². The van der Waals surface area contributed by atoms with Gasteiger partial charge >= 0.3 is 5.97 Å². The molecule has 0 saturated heterocycles. The lowest BCUT2D eigenvalue weighted by Gasteiger charge is -2.33. The molecule has 5 nitrogen and oxygen atoms in total. The molecule has 1 aromatic rings. The number of carboxylic acids is 1. The van der Waals surface area contributed by atoms with Crippen molar-refractivity contribution in [2.45, 2.75) is 19.6 Å². The molecule has 1 heterocycles. The second kappa shape index (κ2) is 5.30. The maximum absolute atomic E-state index is 10.7. The molecule has 0 saturated carbocycles. The van der Waals surface area contributed by atoms with Crippen molar-refractivity contribution in [2.24, 2.45) is 10.7 Å². The number of hydrogen-bond donors (Lipinski definition) is 3. The third kappa shape index (κ3) is 2.95. The molecule has 1 aliphatic rings. The van der Waals surface area contributed by atoms with E-state index < -0.39 is 11.8 Å². The zero-order valence-electron chi connectivity index (χ0n) is 11.4. The molecule has 1 atom stereocenters. The lowest BCUT2D eigenvalue weighted by Crippen LogP contribution is -2.50. The van der Waals surface area contributed by atoms with Crippen LogP contribution >= 0.6 is 0 Å². The molecular weight excluding hydrogens is 254 g/mol. The van der Waals surface area contributed by atoms with Crippen LogP contribution < -0.4 is 11.1 Å². The Morgan fingerprint density at radius 1 is 1.40 bits per heavy atom. The number of carbonyl (C=O) groups is 1. The van der Waals surface area contributed by atoms with E-state index in [0.29, 0.717) is 0 Å². The quantitative estimate of drug-likeness (QED) is 0.732. The van der Waals surface area contributed by atoms with E-state index in [2.05, 4.69) is 10.3 Å². The second-order valence-corrected chi connectivity index (χ2v) is 4.73. The second-order valence-electron chi connectivity index (χ2n) is 4.73. The predicted octanol–water partition coefficient (Wildman–Crippen LogP) is 1.82. The van der Waals surface area contributed by atoms with Gasteiger partial charge in [0.2, 0.25) is 5.79 Å². The van der Waals surface area contributed by atoms with Gasteiger partial charge in [-0.1, -0.05) is 24.3 Å². The number of nitrogens with two attached hydrogens (primary N) is 1. The molecule has 1 aliphatic heterocycles. The Labute approximate surface area is 117 Å². The smallest absolute Gasteiger partial charge is 0.328 e. The summed E-state index contributed by atoms with van der Waals surface area (Å²) in [7, 11) is 0. The van der Waals surface area contributed by atoms with Gasteiger partial charge in [-0.3, -0.25) is 5.73 Å². The standard InChI is InChI=1S/C15H17N3O2/c1-10-9-11(2)18-15(16,17-10)13-6-4-3-5-12(13)7-8-14(19)20/h3-9,17H,16H2,1-2H3,(H,19,20). The van der Waals surface area contributed by atoms with Gasteiger partial charge in [0.1, 0.15) is 0 Å². The average molecular weight is 271 g/mol. The summed E-state index contributed by atoms with van der Waals surface area (Å²) in [6.07, 6.45) is 4.51. The maximum atomic E-state index is 10.7. The molecular formula is C15H17N3O2. The van der Waals surface area contributed by atoms with E-state index in [1.165, 1.54) is 6.08 Å². The minimum atomic E-state index is -1.08. The van der Waals surface area contributed by atoms with Crippen molar-refractivity contribution in [1.82, 2.24) is 5.32 Å². The Morgan fingerprint density at radius 3 is 2.75 bits per heavy atom. The zero-order valence-corrected chi connectivity index (χ0v) is 11.4. The van der Waals surface area contributed by atoms with Crippen LogP contribution in [0.15, 0.2) is 47.1 Å². The molecule has 1 aromatic carbocycles. The summed E-state index contributed by atoms with van der Waals surface area (Å²) < 4.78 is 0. The first-order chi connectivity index (χ1) is 9.40. The Balaban J connectivity index is 2.48. The van der Waals surface area contributed by atoms with Crippen molar-refractivity contribution < 1.29 is 9.90 Å². The van der Waals surface area contributed by atoms with Gasteiger partial charge in [0.05, 0.1) is 0 Å². The van der Waals surface area contributed by atoms with Crippen molar-refractivity contribution in [3.8, 4) is 0 Å². The first-order valence-electron chi connectivity index (χ1n) is 6.23. The highest BCUT2D eigenvalue weighted by molar-refractivity contribution is 5.94. The number of benzene rings is 1. The van der Waals surface area contributed by atoms with E-state index >= 15 is 0 Å². The number of aliphatic imine (C=N–C) groups is 1. The predicted molar refractivity (Wildman–Crippen MR) is 79.0 cm³/mol. The first kappa shape index (κ1) is 14.0. The normalized spacial score (nSPS) is 22.1. The van der Waals surface area contributed by atoms with E-state index in [1.54, 1.807) is 0 Å². The topological polar surface area (TPSA) is 87.7 Å². The Morgan fingerprint density at radius 2 is 2.10 bits per heavy atom. The molecule has 0 amide bonds. The summed E-state index contributed by atoms with van der Waals surface area (Å²) in [5, 5.41) is 11.9. The van der Waals surface area contributed by atoms with Crippen LogP contribution in [-0.4, -0.2) is 16.8 Å². The van der Waals surface area contributed by atoms with Gasteiger partial charge in [0.25, 0.3) is 0 Å². The summed E-state index contributed by atoms with van der Waals surface area (Å²) in [4.78, 5) is 15.1. The van der Waals surface area contributed by atoms with Crippen LogP contribution in [0.2, 0.25) is 0 Å². The van der Waals surface area contributed by atoms with Crippen molar-refractivity contribution in [3.05, 3.63) is 53.2 Å². The monoisotopic (exact) mass is 271 g/mol. The van der Waals surface area contributed by atoms with Gasteiger partial charge in [0, 0.05) is 23.0 Å². The molecule has 0 fully saturated rings. The Bertz CT molecular complexity index is 632. The fourth-order valence-corrected chi connectivity index (χ4v) is 2.27. The van der Waals surface area contributed by atoms with E-state index in [9.17, 15) is 4.79 Å². The summed E-state index contributed by atoms with van der Waals surface area (Å²) in [5.74, 6) is -2.08. The summed E-state index contributed by atoms with van der Waals surface area (Å²) in [5.41, 5.74) is 9.53. The average Bonchev–Trinajstić information content (AvgIpc) is 2.35. The highest BCUT2D eigenvalue weighted by Crippen LogP contribution is 2.26. The van der Waals surface area contributed by atoms with Gasteiger partial charge in [0.15, 0.2) is 0 Å². The minimum Gasteiger partial charge on any atom is -0.478 e. The van der Waals surface area contributed by atoms with Crippen LogP contribution in [0.1, 0.15) is 25.0 Å². The molecule has 1 unspecified atom stereocenters.